The lowest BCUT2D eigenvalue weighted by Gasteiger charge is -2.13. The number of phenols is 1. The monoisotopic (exact) mass is 469 g/mol. The molecule has 1 aliphatic rings. The summed E-state index contributed by atoms with van der Waals surface area (Å²) < 4.78 is 31.0. The Labute approximate surface area is 181 Å². The Hall–Kier alpha value is -3.68. The van der Waals surface area contributed by atoms with Crippen molar-refractivity contribution in [2.24, 2.45) is 5.11 Å². The van der Waals surface area contributed by atoms with Gasteiger partial charge in [-0.25, -0.2) is 4.79 Å². The van der Waals surface area contributed by atoms with Crippen molar-refractivity contribution < 1.29 is 42.1 Å². The lowest BCUT2D eigenvalue weighted by Crippen LogP contribution is -2.36. The summed E-state index contributed by atoms with van der Waals surface area (Å²) in [6, 6.07) is 3.82. The van der Waals surface area contributed by atoms with Crippen LogP contribution in [0.15, 0.2) is 23.3 Å². The fourth-order valence-electron chi connectivity index (χ4n) is 2.75. The number of carbonyl (C=O) groups excluding carboxylic acids is 4. The maximum Gasteiger partial charge on any atom is 0.333 e. The number of nitrogens with zero attached hydrogens (tertiary/aromatic N) is 4. The second kappa shape index (κ2) is 10.6. The second-order valence-electron chi connectivity index (χ2n) is 6.65. The number of hydrogen-bond donors (Lipinski definition) is 3. The summed E-state index contributed by atoms with van der Waals surface area (Å²) in [5, 5.41) is 13.7. The molecular formula is C17H19N5O9S. The van der Waals surface area contributed by atoms with Crippen LogP contribution in [-0.2, 0) is 29.3 Å². The predicted molar refractivity (Wildman–Crippen MR) is 106 cm³/mol. The van der Waals surface area contributed by atoms with Crippen molar-refractivity contribution >= 4 is 39.5 Å². The van der Waals surface area contributed by atoms with E-state index in [1.54, 1.807) is 0 Å². The molecular weight excluding hydrogens is 450 g/mol. The van der Waals surface area contributed by atoms with Gasteiger partial charge in [-0.2, -0.15) is 8.42 Å². The number of amides is 3. The van der Waals surface area contributed by atoms with E-state index in [9.17, 15) is 32.7 Å². The summed E-state index contributed by atoms with van der Waals surface area (Å²) in [5.74, 6) is -4.21. The van der Waals surface area contributed by atoms with Crippen molar-refractivity contribution in [1.29, 1.82) is 0 Å². The zero-order chi connectivity index (χ0) is 23.9. The van der Waals surface area contributed by atoms with Crippen LogP contribution in [0.3, 0.4) is 0 Å². The molecule has 15 heteroatoms. The van der Waals surface area contributed by atoms with Crippen LogP contribution in [0.4, 0.5) is 5.69 Å². The molecule has 3 amide bonds. The van der Waals surface area contributed by atoms with E-state index in [0.29, 0.717) is 19.3 Å². The highest BCUT2D eigenvalue weighted by Gasteiger charge is 2.48. The molecule has 0 bridgehead atoms. The van der Waals surface area contributed by atoms with Gasteiger partial charge in [-0.3, -0.25) is 18.9 Å². The molecule has 32 heavy (non-hydrogen) atoms. The van der Waals surface area contributed by atoms with Gasteiger partial charge < -0.3 is 15.3 Å². The molecule has 1 aromatic rings. The smallest absolute Gasteiger partial charge is 0.333 e. The fraction of sp³-hybridized carbons (Fsp3) is 0.412. The molecule has 1 unspecified atom stereocenters. The van der Waals surface area contributed by atoms with E-state index in [-0.39, 0.29) is 35.0 Å². The molecule has 0 aromatic heterocycles. The van der Waals surface area contributed by atoms with E-state index >= 15 is 0 Å². The molecule has 0 radical (unpaired) electrons. The largest absolute Gasteiger partial charge is 0.507 e. The van der Waals surface area contributed by atoms with Crippen LogP contribution >= 0.6 is 0 Å². The van der Waals surface area contributed by atoms with Gasteiger partial charge in [-0.05, 0) is 30.5 Å². The molecule has 1 fully saturated rings. The van der Waals surface area contributed by atoms with Crippen LogP contribution in [0.1, 0.15) is 42.5 Å². The first-order chi connectivity index (χ1) is 15.0. The number of carbonyl (C=O) groups is 4. The van der Waals surface area contributed by atoms with Gasteiger partial charge >= 0.3 is 5.97 Å². The number of aromatic hydroxyl groups is 1. The summed E-state index contributed by atoms with van der Waals surface area (Å²) in [6.07, 6.45) is 0.228. The zero-order valence-electron chi connectivity index (χ0n) is 16.5. The first-order valence-electron chi connectivity index (χ1n) is 9.24. The molecule has 1 aliphatic heterocycles. The van der Waals surface area contributed by atoms with Gasteiger partial charge in [0, 0.05) is 23.6 Å². The molecule has 1 aromatic carbocycles. The van der Waals surface area contributed by atoms with Crippen molar-refractivity contribution in [3.63, 3.8) is 0 Å². The normalized spacial score (nSPS) is 15.9. The quantitative estimate of drug-likeness (QED) is 0.111. The first-order valence-corrected chi connectivity index (χ1v) is 10.7. The van der Waals surface area contributed by atoms with Crippen LogP contribution in [-0.4, -0.2) is 58.6 Å². The summed E-state index contributed by atoms with van der Waals surface area (Å²) >= 11 is 0. The first kappa shape index (κ1) is 24.6. The number of phenolic OH excluding ortho intramolecular Hbond substituents is 1. The molecule has 3 N–H and O–H groups in total. The predicted octanol–water partition coefficient (Wildman–Crippen LogP) is 1.10. The number of unbranched alkanes of at least 4 members (excludes halogenated alkanes) is 2. The van der Waals surface area contributed by atoms with Gasteiger partial charge in [-0.15, -0.1) is 5.06 Å². The summed E-state index contributed by atoms with van der Waals surface area (Å²) in [4.78, 5) is 54.4. The Morgan fingerprint density at radius 2 is 2.00 bits per heavy atom. The maximum atomic E-state index is 12.0. The Kier molecular flexibility index (Phi) is 8.12. The van der Waals surface area contributed by atoms with E-state index in [2.05, 4.69) is 20.2 Å². The second-order valence-corrected chi connectivity index (χ2v) is 8.25. The zero-order valence-corrected chi connectivity index (χ0v) is 17.3. The molecule has 0 spiro atoms. The minimum atomic E-state index is -4.79. The van der Waals surface area contributed by atoms with Gasteiger partial charge in [-0.1, -0.05) is 17.6 Å². The third-order valence-corrected chi connectivity index (χ3v) is 5.43. The minimum Gasteiger partial charge on any atom is -0.507 e. The van der Waals surface area contributed by atoms with E-state index in [0.717, 1.165) is 6.07 Å². The standard InChI is InChI=1S/C17H19N5O9S/c18-21-20-10-5-6-11(12(23)8-10)16(26)19-7-3-1-2-4-15(25)31-22-14(24)9-13(17(22)27)32(28,29)30/h5-6,8,13,23H,1-4,7,9H2,(H,19,26)(H,28,29,30). The maximum absolute atomic E-state index is 12.0. The Bertz CT molecular complexity index is 1080. The van der Waals surface area contributed by atoms with Crippen molar-refractivity contribution in [3.8, 4) is 5.75 Å². The van der Waals surface area contributed by atoms with E-state index in [4.69, 9.17) is 10.1 Å². The van der Waals surface area contributed by atoms with Crippen molar-refractivity contribution in [3.05, 3.63) is 34.2 Å². The van der Waals surface area contributed by atoms with Crippen LogP contribution in [0, 0.1) is 0 Å². The van der Waals surface area contributed by atoms with Crippen LogP contribution < -0.4 is 5.32 Å². The average Bonchev–Trinajstić information content (AvgIpc) is 2.99. The van der Waals surface area contributed by atoms with E-state index in [1.807, 2.05) is 0 Å². The summed E-state index contributed by atoms with van der Waals surface area (Å²) in [7, 11) is -4.79. The van der Waals surface area contributed by atoms with Crippen molar-refractivity contribution in [1.82, 2.24) is 10.4 Å². The van der Waals surface area contributed by atoms with Gasteiger partial charge in [0.05, 0.1) is 12.0 Å². The van der Waals surface area contributed by atoms with E-state index in [1.165, 1.54) is 12.1 Å². The summed E-state index contributed by atoms with van der Waals surface area (Å²) in [5.41, 5.74) is 8.50. The molecule has 172 valence electrons. The van der Waals surface area contributed by atoms with Crippen molar-refractivity contribution in [2.45, 2.75) is 37.4 Å². The van der Waals surface area contributed by atoms with Crippen molar-refractivity contribution in [2.75, 3.05) is 6.54 Å². The third kappa shape index (κ3) is 6.41. The van der Waals surface area contributed by atoms with E-state index < -0.39 is 45.5 Å². The lowest BCUT2D eigenvalue weighted by molar-refractivity contribution is -0.197. The number of benzene rings is 1. The van der Waals surface area contributed by atoms with Gasteiger partial charge in [0.15, 0.2) is 5.25 Å². The average molecular weight is 469 g/mol. The molecule has 14 nitrogen and oxygen atoms in total. The number of azide groups is 1. The molecule has 1 saturated heterocycles. The highest BCUT2D eigenvalue weighted by atomic mass is 32.2. The van der Waals surface area contributed by atoms with Crippen LogP contribution in [0.5, 0.6) is 5.75 Å². The number of hydroxylamine groups is 2. The van der Waals surface area contributed by atoms with Crippen LogP contribution in [0.2, 0.25) is 0 Å². The lowest BCUT2D eigenvalue weighted by atomic mass is 10.1. The summed E-state index contributed by atoms with van der Waals surface area (Å²) in [6.45, 7) is 0.227. The molecule has 0 aliphatic carbocycles. The highest BCUT2D eigenvalue weighted by Crippen LogP contribution is 2.24. The molecule has 0 saturated carbocycles. The van der Waals surface area contributed by atoms with Crippen LogP contribution in [0.25, 0.3) is 10.4 Å². The number of imide groups is 1. The Morgan fingerprint density at radius 1 is 1.28 bits per heavy atom. The SMILES string of the molecule is [N-]=[N+]=Nc1ccc(C(=O)NCCCCCC(=O)ON2C(=O)CC(S(=O)(=O)O)C2=O)c(O)c1. The Morgan fingerprint density at radius 3 is 2.59 bits per heavy atom. The minimum absolute atomic E-state index is 0.00591. The fourth-order valence-corrected chi connectivity index (χ4v) is 3.46. The topological polar surface area (TPSA) is 216 Å². The Balaban J connectivity index is 1.69. The third-order valence-electron chi connectivity index (χ3n) is 4.34. The van der Waals surface area contributed by atoms with Gasteiger partial charge in [0.2, 0.25) is 0 Å². The highest BCUT2D eigenvalue weighted by molar-refractivity contribution is 7.87. The van der Waals surface area contributed by atoms with Gasteiger partial charge in [0.25, 0.3) is 27.8 Å². The number of hydrogen-bond acceptors (Lipinski definition) is 9. The molecule has 1 atom stereocenters. The number of rotatable bonds is 10. The molecule has 1 heterocycles. The molecule has 2 rings (SSSR count). The number of nitrogens with one attached hydrogen (secondary N) is 1. The van der Waals surface area contributed by atoms with Gasteiger partial charge in [0.1, 0.15) is 5.75 Å².